The van der Waals surface area contributed by atoms with Gasteiger partial charge in [0.05, 0.1) is 13.2 Å². The molecule has 0 saturated carbocycles. The van der Waals surface area contributed by atoms with E-state index in [0.717, 1.165) is 13.2 Å². The van der Waals surface area contributed by atoms with E-state index < -0.39 is 6.10 Å². The summed E-state index contributed by atoms with van der Waals surface area (Å²) in [5.74, 6) is -0.333. The van der Waals surface area contributed by atoms with Crippen molar-refractivity contribution < 1.29 is 24.9 Å². The molecule has 15 heavy (non-hydrogen) atoms. The first-order valence-corrected chi connectivity index (χ1v) is 4.69. The number of carbonyl (C=O) groups is 1. The van der Waals surface area contributed by atoms with Gasteiger partial charge in [0.25, 0.3) is 0 Å². The molecule has 0 aliphatic heterocycles. The van der Waals surface area contributed by atoms with Crippen LogP contribution in [0.3, 0.4) is 0 Å². The lowest BCUT2D eigenvalue weighted by atomic mass is 10.4. The Labute approximate surface area is 90.7 Å². The van der Waals surface area contributed by atoms with Crippen molar-refractivity contribution in [2.45, 2.75) is 26.9 Å². The SMILES string of the molecule is CC(N)=O.CCOCC.OCC(O)CO. The van der Waals surface area contributed by atoms with Crippen LogP contribution in [-0.4, -0.2) is 53.8 Å². The molecule has 6 heteroatoms. The lowest BCUT2D eigenvalue weighted by Crippen LogP contribution is -2.15. The normalized spacial score (nSPS) is 8.47. The van der Waals surface area contributed by atoms with Crippen LogP contribution in [0.5, 0.6) is 0 Å². The lowest BCUT2D eigenvalue weighted by molar-refractivity contribution is -0.115. The molecule has 0 heterocycles. The van der Waals surface area contributed by atoms with Crippen molar-refractivity contribution in [3.63, 3.8) is 0 Å². The maximum absolute atomic E-state index is 9.22. The zero-order valence-corrected chi connectivity index (χ0v) is 9.64. The molecule has 0 aliphatic rings. The van der Waals surface area contributed by atoms with Gasteiger partial charge in [0.15, 0.2) is 0 Å². The smallest absolute Gasteiger partial charge is 0.214 e. The van der Waals surface area contributed by atoms with Gasteiger partial charge in [-0.3, -0.25) is 4.79 Å². The Hall–Kier alpha value is -0.690. The van der Waals surface area contributed by atoms with E-state index in [1.54, 1.807) is 0 Å². The van der Waals surface area contributed by atoms with Gasteiger partial charge in [-0.2, -0.15) is 0 Å². The van der Waals surface area contributed by atoms with Gasteiger partial charge in [0, 0.05) is 20.1 Å². The highest BCUT2D eigenvalue weighted by atomic mass is 16.5. The number of aliphatic hydroxyl groups excluding tert-OH is 3. The Morgan fingerprint density at radius 1 is 1.27 bits per heavy atom. The van der Waals surface area contributed by atoms with Gasteiger partial charge in [-0.25, -0.2) is 0 Å². The van der Waals surface area contributed by atoms with Crippen LogP contribution in [0.15, 0.2) is 0 Å². The van der Waals surface area contributed by atoms with Crippen molar-refractivity contribution in [3.8, 4) is 0 Å². The fourth-order valence-corrected chi connectivity index (χ4v) is 0.262. The first-order valence-electron chi connectivity index (χ1n) is 4.69. The van der Waals surface area contributed by atoms with Crippen LogP contribution in [0.1, 0.15) is 20.8 Å². The number of amides is 1. The van der Waals surface area contributed by atoms with Gasteiger partial charge in [-0.15, -0.1) is 0 Å². The van der Waals surface area contributed by atoms with Crippen molar-refractivity contribution in [2.75, 3.05) is 26.4 Å². The summed E-state index contributed by atoms with van der Waals surface area (Å²) in [6.45, 7) is 6.24. The molecule has 0 atom stereocenters. The summed E-state index contributed by atoms with van der Waals surface area (Å²) >= 11 is 0. The predicted octanol–water partition coefficient (Wildman–Crippen LogP) is -1.13. The number of hydrogen-bond donors (Lipinski definition) is 4. The van der Waals surface area contributed by atoms with Gasteiger partial charge in [-0.05, 0) is 13.8 Å². The fourth-order valence-electron chi connectivity index (χ4n) is 0.262. The van der Waals surface area contributed by atoms with Crippen molar-refractivity contribution >= 4 is 5.91 Å². The summed E-state index contributed by atoms with van der Waals surface area (Å²) in [4.78, 5) is 9.22. The second-order valence-electron chi connectivity index (χ2n) is 2.41. The van der Waals surface area contributed by atoms with Crippen LogP contribution in [0.25, 0.3) is 0 Å². The first kappa shape index (κ1) is 19.8. The number of ether oxygens (including phenoxy) is 1. The third-order valence-electron chi connectivity index (χ3n) is 0.830. The van der Waals surface area contributed by atoms with Crippen molar-refractivity contribution in [2.24, 2.45) is 5.73 Å². The van der Waals surface area contributed by atoms with E-state index in [-0.39, 0.29) is 19.1 Å². The summed E-state index contributed by atoms with van der Waals surface area (Å²) in [5, 5.41) is 24.0. The molecular weight excluding hydrogens is 202 g/mol. The molecule has 0 aliphatic carbocycles. The van der Waals surface area contributed by atoms with Crippen LogP contribution < -0.4 is 5.73 Å². The zero-order chi connectivity index (χ0) is 12.7. The summed E-state index contributed by atoms with van der Waals surface area (Å²) in [7, 11) is 0. The molecular formula is C9H23NO5. The molecule has 6 nitrogen and oxygen atoms in total. The summed E-state index contributed by atoms with van der Waals surface area (Å²) in [6.07, 6.45) is -0.954. The minimum absolute atomic E-state index is 0.333. The highest BCUT2D eigenvalue weighted by molar-refractivity contribution is 5.70. The third-order valence-corrected chi connectivity index (χ3v) is 0.830. The summed E-state index contributed by atoms with van der Waals surface area (Å²) < 4.78 is 4.83. The predicted molar refractivity (Wildman–Crippen MR) is 57.2 cm³/mol. The van der Waals surface area contributed by atoms with Crippen LogP contribution in [0, 0.1) is 0 Å². The first-order chi connectivity index (χ1) is 6.95. The Kier molecular flexibility index (Phi) is 25.1. The number of rotatable bonds is 4. The van der Waals surface area contributed by atoms with Crippen LogP contribution in [-0.2, 0) is 9.53 Å². The van der Waals surface area contributed by atoms with Crippen LogP contribution in [0.4, 0.5) is 0 Å². The number of nitrogens with two attached hydrogens (primary N) is 1. The van der Waals surface area contributed by atoms with Crippen LogP contribution in [0.2, 0.25) is 0 Å². The molecule has 0 saturated heterocycles. The molecule has 0 fully saturated rings. The zero-order valence-electron chi connectivity index (χ0n) is 9.64. The van der Waals surface area contributed by atoms with E-state index >= 15 is 0 Å². The molecule has 94 valence electrons. The minimum Gasteiger partial charge on any atom is -0.394 e. The molecule has 5 N–H and O–H groups in total. The van der Waals surface area contributed by atoms with Gasteiger partial charge in [0.1, 0.15) is 6.10 Å². The molecule has 0 aromatic heterocycles. The molecule has 0 aromatic carbocycles. The Morgan fingerprint density at radius 3 is 1.53 bits per heavy atom. The van der Waals surface area contributed by atoms with Crippen molar-refractivity contribution in [3.05, 3.63) is 0 Å². The molecule has 0 rings (SSSR count). The molecule has 0 radical (unpaired) electrons. The van der Waals surface area contributed by atoms with E-state index in [1.165, 1.54) is 6.92 Å². The van der Waals surface area contributed by atoms with E-state index in [1.807, 2.05) is 13.8 Å². The third kappa shape index (κ3) is 60.4. The number of hydrogen-bond acceptors (Lipinski definition) is 5. The molecule has 0 spiro atoms. The van der Waals surface area contributed by atoms with Crippen LogP contribution >= 0.6 is 0 Å². The maximum Gasteiger partial charge on any atom is 0.214 e. The van der Waals surface area contributed by atoms with Gasteiger partial charge in [-0.1, -0.05) is 0 Å². The van der Waals surface area contributed by atoms with E-state index in [4.69, 9.17) is 20.1 Å². The molecule has 1 amide bonds. The summed E-state index contributed by atoms with van der Waals surface area (Å²) in [5.41, 5.74) is 4.47. The highest BCUT2D eigenvalue weighted by Gasteiger charge is 1.93. The summed E-state index contributed by atoms with van der Waals surface area (Å²) in [6, 6.07) is 0. The topological polar surface area (TPSA) is 113 Å². The second-order valence-corrected chi connectivity index (χ2v) is 2.41. The van der Waals surface area contributed by atoms with Gasteiger partial charge >= 0.3 is 0 Å². The number of carbonyl (C=O) groups excluding carboxylic acids is 1. The minimum atomic E-state index is -0.954. The standard InChI is InChI=1S/C4H10O.C3H8O3.C2H5NO/c1-3-5-4-2;4-1-3(6)2-5;1-2(3)4/h3-4H2,1-2H3;3-6H,1-2H2;1H3,(H2,3,4). The Balaban J connectivity index is -0.000000147. The monoisotopic (exact) mass is 225 g/mol. The van der Waals surface area contributed by atoms with E-state index in [0.29, 0.717) is 0 Å². The van der Waals surface area contributed by atoms with E-state index in [2.05, 4.69) is 5.73 Å². The Morgan fingerprint density at radius 2 is 1.53 bits per heavy atom. The number of aliphatic hydroxyl groups is 3. The fraction of sp³-hybridized carbons (Fsp3) is 0.889. The average molecular weight is 225 g/mol. The lowest BCUT2D eigenvalue weighted by Gasteiger charge is -1.96. The number of primary amides is 1. The van der Waals surface area contributed by atoms with Gasteiger partial charge in [0.2, 0.25) is 5.91 Å². The van der Waals surface area contributed by atoms with Crippen molar-refractivity contribution in [1.82, 2.24) is 0 Å². The highest BCUT2D eigenvalue weighted by Crippen LogP contribution is 1.71. The maximum atomic E-state index is 9.22. The molecule has 0 bridgehead atoms. The molecule has 0 unspecified atom stereocenters. The molecule has 0 aromatic rings. The largest absolute Gasteiger partial charge is 0.394 e. The van der Waals surface area contributed by atoms with E-state index in [9.17, 15) is 4.79 Å². The van der Waals surface area contributed by atoms with Crippen molar-refractivity contribution in [1.29, 1.82) is 0 Å². The quantitative estimate of drug-likeness (QED) is 0.483. The van der Waals surface area contributed by atoms with Gasteiger partial charge < -0.3 is 25.8 Å². The Bertz CT molecular complexity index is 111. The average Bonchev–Trinajstić information content (AvgIpc) is 2.18. The second kappa shape index (κ2) is 19.0.